The van der Waals surface area contributed by atoms with Gasteiger partial charge < -0.3 is 10.6 Å². The number of nitrogens with one attached hydrogen (secondary N) is 2. The first-order chi connectivity index (χ1) is 9.22. The van der Waals surface area contributed by atoms with Crippen LogP contribution in [0.4, 0.5) is 0 Å². The van der Waals surface area contributed by atoms with Crippen LogP contribution in [0.5, 0.6) is 0 Å². The van der Waals surface area contributed by atoms with E-state index in [1.807, 2.05) is 32.2 Å². The Bertz CT molecular complexity index is 565. The van der Waals surface area contributed by atoms with Gasteiger partial charge in [0, 0.05) is 13.1 Å². The molecule has 1 atom stereocenters. The van der Waals surface area contributed by atoms with Gasteiger partial charge in [0.15, 0.2) is 0 Å². The monoisotopic (exact) mass is 256 g/mol. The van der Waals surface area contributed by atoms with Crippen LogP contribution in [0.15, 0.2) is 42.5 Å². The maximum atomic E-state index is 12.0. The number of fused-ring (bicyclic) bond motifs is 1. The Kier molecular flexibility index (Phi) is 4.53. The van der Waals surface area contributed by atoms with Gasteiger partial charge in [-0.3, -0.25) is 4.79 Å². The predicted molar refractivity (Wildman–Crippen MR) is 79.3 cm³/mol. The topological polar surface area (TPSA) is 41.1 Å². The number of rotatable bonds is 5. The van der Waals surface area contributed by atoms with E-state index in [0.717, 1.165) is 12.1 Å². The summed E-state index contributed by atoms with van der Waals surface area (Å²) < 4.78 is 0. The molecule has 2 rings (SSSR count). The van der Waals surface area contributed by atoms with Crippen LogP contribution in [-0.4, -0.2) is 26.0 Å². The van der Waals surface area contributed by atoms with Crippen molar-refractivity contribution in [1.29, 1.82) is 0 Å². The summed E-state index contributed by atoms with van der Waals surface area (Å²) in [5.41, 5.74) is 1.06. The molecule has 100 valence electrons. The van der Waals surface area contributed by atoms with Crippen molar-refractivity contribution in [2.75, 3.05) is 20.1 Å². The molecular weight excluding hydrogens is 236 g/mol. The molecule has 2 N–H and O–H groups in total. The molecule has 1 unspecified atom stereocenters. The number of carbonyl (C=O) groups is 1. The molecule has 3 nitrogen and oxygen atoms in total. The Morgan fingerprint density at radius 2 is 1.84 bits per heavy atom. The molecule has 0 saturated carbocycles. The summed E-state index contributed by atoms with van der Waals surface area (Å²) in [4.78, 5) is 12.0. The third kappa shape index (κ3) is 3.32. The minimum Gasteiger partial charge on any atom is -0.354 e. The lowest BCUT2D eigenvalue weighted by molar-refractivity contribution is -0.122. The SMILES string of the molecule is CNCCNC(=O)C(C)c1ccc2ccccc2c1. The van der Waals surface area contributed by atoms with E-state index >= 15 is 0 Å². The van der Waals surface area contributed by atoms with Gasteiger partial charge in [-0.15, -0.1) is 0 Å². The molecule has 0 radical (unpaired) electrons. The van der Waals surface area contributed by atoms with E-state index in [1.54, 1.807) is 0 Å². The van der Waals surface area contributed by atoms with Crippen LogP contribution in [0, 0.1) is 0 Å². The molecule has 2 aromatic rings. The maximum absolute atomic E-state index is 12.0. The highest BCUT2D eigenvalue weighted by atomic mass is 16.1. The van der Waals surface area contributed by atoms with E-state index in [-0.39, 0.29) is 11.8 Å². The summed E-state index contributed by atoms with van der Waals surface area (Å²) in [5, 5.41) is 8.32. The first kappa shape index (κ1) is 13.6. The maximum Gasteiger partial charge on any atom is 0.227 e. The summed E-state index contributed by atoms with van der Waals surface area (Å²) in [6, 6.07) is 14.4. The summed E-state index contributed by atoms with van der Waals surface area (Å²) in [6.07, 6.45) is 0. The van der Waals surface area contributed by atoms with Gasteiger partial charge in [0.25, 0.3) is 0 Å². The van der Waals surface area contributed by atoms with Crippen molar-refractivity contribution in [3.05, 3.63) is 48.0 Å². The van der Waals surface area contributed by atoms with Crippen molar-refractivity contribution < 1.29 is 4.79 Å². The van der Waals surface area contributed by atoms with Crippen LogP contribution in [0.25, 0.3) is 10.8 Å². The Labute approximate surface area is 114 Å². The van der Waals surface area contributed by atoms with Crippen LogP contribution in [0.3, 0.4) is 0 Å². The van der Waals surface area contributed by atoms with Gasteiger partial charge in [-0.25, -0.2) is 0 Å². The molecule has 0 fully saturated rings. The Hall–Kier alpha value is -1.87. The molecule has 2 aromatic carbocycles. The Morgan fingerprint density at radius 3 is 2.58 bits per heavy atom. The summed E-state index contributed by atoms with van der Waals surface area (Å²) >= 11 is 0. The van der Waals surface area contributed by atoms with E-state index in [1.165, 1.54) is 10.8 Å². The molecule has 19 heavy (non-hydrogen) atoms. The zero-order valence-corrected chi connectivity index (χ0v) is 11.4. The standard InChI is InChI=1S/C16H20N2O/c1-12(16(19)18-10-9-17-2)14-8-7-13-5-3-4-6-15(13)11-14/h3-8,11-12,17H,9-10H2,1-2H3,(H,18,19). The van der Waals surface area contributed by atoms with Crippen molar-refractivity contribution in [2.24, 2.45) is 0 Å². The van der Waals surface area contributed by atoms with Crippen LogP contribution >= 0.6 is 0 Å². The summed E-state index contributed by atoms with van der Waals surface area (Å²) in [6.45, 7) is 3.39. The van der Waals surface area contributed by atoms with E-state index in [2.05, 4.69) is 34.9 Å². The van der Waals surface area contributed by atoms with Gasteiger partial charge in [0.05, 0.1) is 5.92 Å². The van der Waals surface area contributed by atoms with E-state index in [0.29, 0.717) is 6.54 Å². The first-order valence-corrected chi connectivity index (χ1v) is 6.63. The molecular formula is C16H20N2O. The van der Waals surface area contributed by atoms with Gasteiger partial charge >= 0.3 is 0 Å². The number of benzene rings is 2. The lowest BCUT2D eigenvalue weighted by Gasteiger charge is -2.13. The molecule has 0 heterocycles. The molecule has 0 aliphatic heterocycles. The van der Waals surface area contributed by atoms with Crippen LogP contribution in [0.2, 0.25) is 0 Å². The Morgan fingerprint density at radius 1 is 1.11 bits per heavy atom. The predicted octanol–water partition coefficient (Wildman–Crippen LogP) is 2.28. The van der Waals surface area contributed by atoms with Crippen molar-refractivity contribution in [1.82, 2.24) is 10.6 Å². The van der Waals surface area contributed by atoms with Gasteiger partial charge in [-0.05, 0) is 30.3 Å². The van der Waals surface area contributed by atoms with Crippen molar-refractivity contribution >= 4 is 16.7 Å². The lowest BCUT2D eigenvalue weighted by Crippen LogP contribution is -2.33. The normalized spacial score (nSPS) is 12.3. The fourth-order valence-corrected chi connectivity index (χ4v) is 2.09. The van der Waals surface area contributed by atoms with E-state index in [9.17, 15) is 4.79 Å². The quantitative estimate of drug-likeness (QED) is 0.806. The molecule has 0 aromatic heterocycles. The van der Waals surface area contributed by atoms with Crippen LogP contribution in [-0.2, 0) is 4.79 Å². The smallest absolute Gasteiger partial charge is 0.227 e. The average molecular weight is 256 g/mol. The Balaban J connectivity index is 2.12. The zero-order valence-electron chi connectivity index (χ0n) is 11.4. The van der Waals surface area contributed by atoms with Gasteiger partial charge in [-0.1, -0.05) is 42.5 Å². The van der Waals surface area contributed by atoms with Gasteiger partial charge in [0.2, 0.25) is 5.91 Å². The molecule has 3 heteroatoms. The fourth-order valence-electron chi connectivity index (χ4n) is 2.09. The second kappa shape index (κ2) is 6.34. The number of hydrogen-bond acceptors (Lipinski definition) is 2. The third-order valence-electron chi connectivity index (χ3n) is 3.34. The van der Waals surface area contributed by atoms with Crippen LogP contribution < -0.4 is 10.6 Å². The molecule has 0 spiro atoms. The number of carbonyl (C=O) groups excluding carboxylic acids is 1. The summed E-state index contributed by atoms with van der Waals surface area (Å²) in [5.74, 6) is -0.0491. The van der Waals surface area contributed by atoms with E-state index in [4.69, 9.17) is 0 Å². The summed E-state index contributed by atoms with van der Waals surface area (Å²) in [7, 11) is 1.87. The minimum atomic E-state index is -0.124. The minimum absolute atomic E-state index is 0.0746. The molecule has 0 saturated heterocycles. The van der Waals surface area contributed by atoms with Gasteiger partial charge in [0.1, 0.15) is 0 Å². The fraction of sp³-hybridized carbons (Fsp3) is 0.312. The lowest BCUT2D eigenvalue weighted by atomic mass is 9.97. The number of likely N-dealkylation sites (N-methyl/N-ethyl adjacent to an activating group) is 1. The third-order valence-corrected chi connectivity index (χ3v) is 3.34. The van der Waals surface area contributed by atoms with Crippen molar-refractivity contribution in [2.45, 2.75) is 12.8 Å². The highest BCUT2D eigenvalue weighted by Crippen LogP contribution is 2.21. The van der Waals surface area contributed by atoms with Gasteiger partial charge in [-0.2, -0.15) is 0 Å². The second-order valence-corrected chi connectivity index (χ2v) is 4.72. The van der Waals surface area contributed by atoms with Crippen LogP contribution in [0.1, 0.15) is 18.4 Å². The average Bonchev–Trinajstić information content (AvgIpc) is 2.46. The van der Waals surface area contributed by atoms with Crippen molar-refractivity contribution in [3.63, 3.8) is 0 Å². The largest absolute Gasteiger partial charge is 0.354 e. The zero-order chi connectivity index (χ0) is 13.7. The molecule has 0 bridgehead atoms. The number of hydrogen-bond donors (Lipinski definition) is 2. The molecule has 0 aliphatic rings. The van der Waals surface area contributed by atoms with E-state index < -0.39 is 0 Å². The highest BCUT2D eigenvalue weighted by molar-refractivity contribution is 5.87. The van der Waals surface area contributed by atoms with Crippen molar-refractivity contribution in [3.8, 4) is 0 Å². The highest BCUT2D eigenvalue weighted by Gasteiger charge is 2.14. The molecule has 1 amide bonds. The molecule has 0 aliphatic carbocycles. The second-order valence-electron chi connectivity index (χ2n) is 4.72. The number of amides is 1. The first-order valence-electron chi connectivity index (χ1n) is 6.63.